The van der Waals surface area contributed by atoms with Crippen LogP contribution in [0.2, 0.25) is 0 Å². The second kappa shape index (κ2) is 7.31. The van der Waals surface area contributed by atoms with Crippen LogP contribution in [-0.2, 0) is 6.54 Å². The maximum Gasteiger partial charge on any atom is 0.147 e. The number of rotatable bonds is 7. The minimum absolute atomic E-state index is 0.465. The van der Waals surface area contributed by atoms with Crippen molar-refractivity contribution in [1.29, 1.82) is 0 Å². The van der Waals surface area contributed by atoms with Gasteiger partial charge in [0.15, 0.2) is 0 Å². The maximum atomic E-state index is 4.65. The lowest BCUT2D eigenvalue weighted by molar-refractivity contribution is 0.576. The van der Waals surface area contributed by atoms with Crippen molar-refractivity contribution >= 4 is 5.82 Å². The first-order valence-corrected chi connectivity index (χ1v) is 6.81. The van der Waals surface area contributed by atoms with Gasteiger partial charge in [0.25, 0.3) is 0 Å². The number of nitrogens with one attached hydrogen (secondary N) is 1. The van der Waals surface area contributed by atoms with Crippen LogP contribution < -0.4 is 10.2 Å². The Hall–Kier alpha value is -1.16. The third-order valence-electron chi connectivity index (χ3n) is 3.09. The molecule has 1 heterocycles. The number of anilines is 1. The fourth-order valence-electron chi connectivity index (χ4n) is 1.80. The molecule has 0 saturated carbocycles. The van der Waals surface area contributed by atoms with Crippen LogP contribution in [0.3, 0.4) is 0 Å². The lowest BCUT2D eigenvalue weighted by Crippen LogP contribution is -2.30. The third-order valence-corrected chi connectivity index (χ3v) is 3.09. The van der Waals surface area contributed by atoms with Crippen LogP contribution in [0.4, 0.5) is 5.82 Å². The van der Waals surface area contributed by atoms with Gasteiger partial charge in [-0.3, -0.25) is 4.98 Å². The topological polar surface area (TPSA) is 41.1 Å². The fraction of sp³-hybridized carbons (Fsp3) is 0.714. The summed E-state index contributed by atoms with van der Waals surface area (Å²) in [6, 6.07) is 0.963. The summed E-state index contributed by atoms with van der Waals surface area (Å²) >= 11 is 0. The zero-order valence-electron chi connectivity index (χ0n) is 12.3. The van der Waals surface area contributed by atoms with Crippen LogP contribution in [0.1, 0.15) is 46.2 Å². The van der Waals surface area contributed by atoms with Gasteiger partial charge in [0, 0.05) is 31.9 Å². The predicted molar refractivity (Wildman–Crippen MR) is 76.8 cm³/mol. The first-order chi connectivity index (χ1) is 8.54. The molecule has 1 atom stereocenters. The van der Waals surface area contributed by atoms with E-state index in [1.807, 2.05) is 12.4 Å². The molecular weight excluding hydrogens is 224 g/mol. The summed E-state index contributed by atoms with van der Waals surface area (Å²) in [6.07, 6.45) is 6.03. The van der Waals surface area contributed by atoms with Crippen molar-refractivity contribution in [2.75, 3.05) is 11.9 Å². The molecule has 1 unspecified atom stereocenters. The number of aromatic nitrogens is 2. The van der Waals surface area contributed by atoms with Crippen LogP contribution in [-0.4, -0.2) is 29.1 Å². The summed E-state index contributed by atoms with van der Waals surface area (Å²) in [4.78, 5) is 11.1. The fourth-order valence-corrected chi connectivity index (χ4v) is 1.80. The quantitative estimate of drug-likeness (QED) is 0.807. The Morgan fingerprint density at radius 3 is 2.61 bits per heavy atom. The molecule has 1 N–H and O–H groups in total. The normalized spacial score (nSPS) is 12.8. The number of nitrogens with zero attached hydrogens (tertiary/aromatic N) is 3. The number of hydrogen-bond acceptors (Lipinski definition) is 4. The molecule has 0 spiro atoms. The van der Waals surface area contributed by atoms with Crippen LogP contribution >= 0.6 is 0 Å². The summed E-state index contributed by atoms with van der Waals surface area (Å²) in [5.41, 5.74) is 0.997. The van der Waals surface area contributed by atoms with Crippen molar-refractivity contribution < 1.29 is 0 Å². The molecule has 4 heteroatoms. The van der Waals surface area contributed by atoms with Crippen molar-refractivity contribution in [3.8, 4) is 0 Å². The summed E-state index contributed by atoms with van der Waals surface area (Å²) in [7, 11) is 2.09. The molecule has 4 nitrogen and oxygen atoms in total. The Bertz CT molecular complexity index is 351. The second-order valence-corrected chi connectivity index (χ2v) is 5.15. The molecule has 0 aliphatic carbocycles. The van der Waals surface area contributed by atoms with Crippen molar-refractivity contribution in [1.82, 2.24) is 15.3 Å². The molecule has 0 amide bonds. The van der Waals surface area contributed by atoms with Gasteiger partial charge in [0.05, 0.1) is 11.9 Å². The van der Waals surface area contributed by atoms with E-state index >= 15 is 0 Å². The highest BCUT2D eigenvalue weighted by Crippen LogP contribution is 2.14. The average Bonchev–Trinajstić information content (AvgIpc) is 2.36. The molecule has 0 saturated heterocycles. The van der Waals surface area contributed by atoms with Crippen molar-refractivity contribution in [2.45, 2.75) is 59.2 Å². The van der Waals surface area contributed by atoms with Crippen LogP contribution in [0.15, 0.2) is 12.4 Å². The zero-order chi connectivity index (χ0) is 13.5. The molecule has 0 aliphatic heterocycles. The molecule has 0 aromatic carbocycles. The van der Waals surface area contributed by atoms with Gasteiger partial charge in [0.1, 0.15) is 5.82 Å². The van der Waals surface area contributed by atoms with E-state index < -0.39 is 0 Å². The summed E-state index contributed by atoms with van der Waals surface area (Å²) < 4.78 is 0. The van der Waals surface area contributed by atoms with Crippen molar-refractivity contribution in [2.24, 2.45) is 0 Å². The largest absolute Gasteiger partial charge is 0.356 e. The van der Waals surface area contributed by atoms with Gasteiger partial charge < -0.3 is 10.2 Å². The molecule has 0 aliphatic rings. The predicted octanol–water partition coefficient (Wildman–Crippen LogP) is 2.60. The first-order valence-electron chi connectivity index (χ1n) is 6.81. The van der Waals surface area contributed by atoms with E-state index in [0.717, 1.165) is 18.1 Å². The maximum absolute atomic E-state index is 4.65. The van der Waals surface area contributed by atoms with Crippen LogP contribution in [0.25, 0.3) is 0 Å². The summed E-state index contributed by atoms with van der Waals surface area (Å²) in [5.74, 6) is 0.957. The summed E-state index contributed by atoms with van der Waals surface area (Å²) in [6.45, 7) is 9.47. The van der Waals surface area contributed by atoms with Gasteiger partial charge in [-0.15, -0.1) is 0 Å². The zero-order valence-corrected chi connectivity index (χ0v) is 12.3. The highest BCUT2D eigenvalue weighted by atomic mass is 15.2. The molecule has 18 heavy (non-hydrogen) atoms. The van der Waals surface area contributed by atoms with E-state index in [9.17, 15) is 0 Å². The first kappa shape index (κ1) is 14.9. The van der Waals surface area contributed by atoms with Gasteiger partial charge in [-0.05, 0) is 13.3 Å². The monoisotopic (exact) mass is 250 g/mol. The van der Waals surface area contributed by atoms with E-state index in [0.29, 0.717) is 12.1 Å². The molecule has 0 fully saturated rings. The molecular formula is C14H26N4. The molecule has 0 bridgehead atoms. The number of hydrogen-bond donors (Lipinski definition) is 1. The summed E-state index contributed by atoms with van der Waals surface area (Å²) in [5, 5.41) is 3.36. The molecule has 102 valence electrons. The van der Waals surface area contributed by atoms with Crippen LogP contribution in [0, 0.1) is 0 Å². The minimum atomic E-state index is 0.465. The van der Waals surface area contributed by atoms with Gasteiger partial charge in [-0.2, -0.15) is 0 Å². The van der Waals surface area contributed by atoms with Gasteiger partial charge in [-0.25, -0.2) is 4.98 Å². The second-order valence-electron chi connectivity index (χ2n) is 5.15. The van der Waals surface area contributed by atoms with Crippen LogP contribution in [0.5, 0.6) is 0 Å². The van der Waals surface area contributed by atoms with E-state index in [1.165, 1.54) is 12.8 Å². The Morgan fingerprint density at radius 2 is 2.00 bits per heavy atom. The Morgan fingerprint density at radius 1 is 1.28 bits per heavy atom. The molecule has 1 rings (SSSR count). The van der Waals surface area contributed by atoms with Crippen molar-refractivity contribution in [3.63, 3.8) is 0 Å². The van der Waals surface area contributed by atoms with E-state index in [2.05, 4.69) is 54.9 Å². The SMILES string of the molecule is CCCC(C)N(C)c1cncc(CNC(C)C)n1. The minimum Gasteiger partial charge on any atom is -0.356 e. The van der Waals surface area contributed by atoms with Crippen molar-refractivity contribution in [3.05, 3.63) is 18.1 Å². The molecule has 1 aromatic rings. The molecule has 1 aromatic heterocycles. The lowest BCUT2D eigenvalue weighted by Gasteiger charge is -2.25. The van der Waals surface area contributed by atoms with Gasteiger partial charge in [-0.1, -0.05) is 27.2 Å². The van der Waals surface area contributed by atoms with E-state index in [-0.39, 0.29) is 0 Å². The van der Waals surface area contributed by atoms with E-state index in [1.54, 1.807) is 0 Å². The Labute approximate surface area is 111 Å². The highest BCUT2D eigenvalue weighted by molar-refractivity contribution is 5.36. The van der Waals surface area contributed by atoms with Gasteiger partial charge in [0.2, 0.25) is 0 Å². The van der Waals surface area contributed by atoms with E-state index in [4.69, 9.17) is 0 Å². The Balaban J connectivity index is 2.68. The third kappa shape index (κ3) is 4.61. The highest BCUT2D eigenvalue weighted by Gasteiger charge is 2.11. The Kier molecular flexibility index (Phi) is 6.05. The smallest absolute Gasteiger partial charge is 0.147 e. The standard InChI is InChI=1S/C14H26N4/c1-6-7-12(4)18(5)14-10-15-8-13(17-14)9-16-11(2)3/h8,10-12,16H,6-7,9H2,1-5H3. The molecule has 0 radical (unpaired) electrons. The lowest BCUT2D eigenvalue weighted by atomic mass is 10.2. The average molecular weight is 250 g/mol. The van der Waals surface area contributed by atoms with Gasteiger partial charge >= 0.3 is 0 Å².